The van der Waals surface area contributed by atoms with Gasteiger partial charge in [0.25, 0.3) is 0 Å². The molecule has 2 nitrogen and oxygen atoms in total. The maximum Gasteiger partial charge on any atom is 0.0536 e. The minimum atomic E-state index is 0.328. The molecule has 0 spiro atoms. The SMILES string of the molecule is CC(C)C(Nc1ccccc1CN(C)C)c1ccccc1. The highest BCUT2D eigenvalue weighted by molar-refractivity contribution is 5.52. The van der Waals surface area contributed by atoms with Crippen molar-refractivity contribution in [2.24, 2.45) is 5.92 Å². The normalized spacial score (nSPS) is 12.7. The zero-order chi connectivity index (χ0) is 15.2. The second-order valence-corrected chi connectivity index (χ2v) is 6.17. The summed E-state index contributed by atoms with van der Waals surface area (Å²) >= 11 is 0. The fourth-order valence-electron chi connectivity index (χ4n) is 2.60. The molecule has 2 rings (SSSR count). The van der Waals surface area contributed by atoms with Gasteiger partial charge in [0.05, 0.1) is 6.04 Å². The Kier molecular flexibility index (Phi) is 5.40. The number of nitrogens with one attached hydrogen (secondary N) is 1. The molecule has 1 unspecified atom stereocenters. The van der Waals surface area contributed by atoms with Gasteiger partial charge in [0, 0.05) is 12.2 Å². The van der Waals surface area contributed by atoms with Crippen LogP contribution in [0.2, 0.25) is 0 Å². The van der Waals surface area contributed by atoms with Crippen LogP contribution in [0, 0.1) is 5.92 Å². The van der Waals surface area contributed by atoms with Crippen molar-refractivity contribution < 1.29 is 0 Å². The molecule has 0 aliphatic heterocycles. The van der Waals surface area contributed by atoms with Gasteiger partial charge in [-0.1, -0.05) is 62.4 Å². The Morgan fingerprint density at radius 3 is 2.14 bits per heavy atom. The predicted octanol–water partition coefficient (Wildman–Crippen LogP) is 4.56. The van der Waals surface area contributed by atoms with E-state index in [4.69, 9.17) is 0 Å². The van der Waals surface area contributed by atoms with Crippen molar-refractivity contribution in [1.82, 2.24) is 4.90 Å². The fraction of sp³-hybridized carbons (Fsp3) is 0.368. The zero-order valence-corrected chi connectivity index (χ0v) is 13.5. The van der Waals surface area contributed by atoms with Crippen LogP contribution in [0.5, 0.6) is 0 Å². The van der Waals surface area contributed by atoms with Crippen molar-refractivity contribution in [1.29, 1.82) is 0 Å². The fourth-order valence-corrected chi connectivity index (χ4v) is 2.60. The molecule has 2 aromatic rings. The van der Waals surface area contributed by atoms with Gasteiger partial charge in [0.2, 0.25) is 0 Å². The summed E-state index contributed by atoms with van der Waals surface area (Å²) in [5.41, 5.74) is 3.91. The third kappa shape index (κ3) is 4.33. The number of benzene rings is 2. The van der Waals surface area contributed by atoms with Crippen LogP contribution in [-0.4, -0.2) is 19.0 Å². The van der Waals surface area contributed by atoms with Gasteiger partial charge in [-0.2, -0.15) is 0 Å². The number of para-hydroxylation sites is 1. The Hall–Kier alpha value is -1.80. The maximum atomic E-state index is 3.74. The van der Waals surface area contributed by atoms with Gasteiger partial charge in [-0.15, -0.1) is 0 Å². The van der Waals surface area contributed by atoms with E-state index < -0.39 is 0 Å². The van der Waals surface area contributed by atoms with E-state index in [1.54, 1.807) is 0 Å². The van der Waals surface area contributed by atoms with Gasteiger partial charge in [0.1, 0.15) is 0 Å². The van der Waals surface area contributed by atoms with E-state index in [-0.39, 0.29) is 0 Å². The lowest BCUT2D eigenvalue weighted by atomic mass is 9.95. The van der Waals surface area contributed by atoms with Gasteiger partial charge < -0.3 is 10.2 Å². The molecular weight excluding hydrogens is 256 g/mol. The summed E-state index contributed by atoms with van der Waals surface area (Å²) in [5.74, 6) is 0.528. The van der Waals surface area contributed by atoms with Crippen molar-refractivity contribution in [2.75, 3.05) is 19.4 Å². The average molecular weight is 282 g/mol. The number of hydrogen-bond donors (Lipinski definition) is 1. The standard InChI is InChI=1S/C19H26N2/c1-15(2)19(16-10-6-5-7-11-16)20-18-13-9-8-12-17(18)14-21(3)4/h5-13,15,19-20H,14H2,1-4H3. The molecule has 0 aliphatic carbocycles. The summed E-state index contributed by atoms with van der Waals surface area (Å²) in [6.07, 6.45) is 0. The van der Waals surface area contributed by atoms with Crippen LogP contribution in [0.4, 0.5) is 5.69 Å². The first kappa shape index (κ1) is 15.6. The molecule has 2 aromatic carbocycles. The van der Waals surface area contributed by atoms with Gasteiger partial charge >= 0.3 is 0 Å². The van der Waals surface area contributed by atoms with Crippen LogP contribution in [0.15, 0.2) is 54.6 Å². The smallest absolute Gasteiger partial charge is 0.0536 e. The van der Waals surface area contributed by atoms with E-state index >= 15 is 0 Å². The van der Waals surface area contributed by atoms with Crippen LogP contribution in [0.3, 0.4) is 0 Å². The molecule has 21 heavy (non-hydrogen) atoms. The zero-order valence-electron chi connectivity index (χ0n) is 13.5. The highest BCUT2D eigenvalue weighted by Crippen LogP contribution is 2.28. The van der Waals surface area contributed by atoms with Crippen molar-refractivity contribution in [2.45, 2.75) is 26.4 Å². The number of rotatable bonds is 6. The van der Waals surface area contributed by atoms with Gasteiger partial charge in [-0.25, -0.2) is 0 Å². The molecule has 0 saturated carbocycles. The van der Waals surface area contributed by atoms with Gasteiger partial charge in [-0.05, 0) is 37.2 Å². The summed E-state index contributed by atoms with van der Waals surface area (Å²) in [6, 6.07) is 19.6. The lowest BCUT2D eigenvalue weighted by Crippen LogP contribution is -2.19. The summed E-state index contributed by atoms with van der Waals surface area (Å²) in [4.78, 5) is 2.20. The summed E-state index contributed by atoms with van der Waals surface area (Å²) < 4.78 is 0. The van der Waals surface area contributed by atoms with E-state index in [1.807, 2.05) is 0 Å². The molecule has 1 atom stereocenters. The van der Waals surface area contributed by atoms with Crippen molar-refractivity contribution in [3.63, 3.8) is 0 Å². The maximum absolute atomic E-state index is 3.74. The minimum absolute atomic E-state index is 0.328. The molecular formula is C19H26N2. The Bertz CT molecular complexity index is 547. The topological polar surface area (TPSA) is 15.3 Å². The molecule has 1 N–H and O–H groups in total. The van der Waals surface area contributed by atoms with Crippen LogP contribution >= 0.6 is 0 Å². The highest BCUT2D eigenvalue weighted by atomic mass is 15.1. The van der Waals surface area contributed by atoms with E-state index in [1.165, 1.54) is 16.8 Å². The molecule has 112 valence electrons. The molecule has 0 fully saturated rings. The average Bonchev–Trinajstić information content (AvgIpc) is 2.46. The Morgan fingerprint density at radius 2 is 1.52 bits per heavy atom. The number of nitrogens with zero attached hydrogens (tertiary/aromatic N) is 1. The molecule has 0 radical (unpaired) electrons. The molecule has 2 heteroatoms. The Labute approximate surface area is 128 Å². The molecule has 0 saturated heterocycles. The Balaban J connectivity index is 2.26. The first-order chi connectivity index (χ1) is 10.1. The van der Waals surface area contributed by atoms with Crippen LogP contribution < -0.4 is 5.32 Å². The largest absolute Gasteiger partial charge is 0.378 e. The van der Waals surface area contributed by atoms with E-state index in [2.05, 4.69) is 92.8 Å². The van der Waals surface area contributed by atoms with Gasteiger partial charge in [0.15, 0.2) is 0 Å². The second-order valence-electron chi connectivity index (χ2n) is 6.17. The molecule has 0 heterocycles. The monoisotopic (exact) mass is 282 g/mol. The quantitative estimate of drug-likeness (QED) is 0.835. The molecule has 0 aromatic heterocycles. The molecule has 0 aliphatic rings. The van der Waals surface area contributed by atoms with E-state index in [9.17, 15) is 0 Å². The molecule has 0 amide bonds. The summed E-state index contributed by atoms with van der Waals surface area (Å²) in [5, 5.41) is 3.74. The first-order valence-electron chi connectivity index (χ1n) is 7.62. The number of hydrogen-bond acceptors (Lipinski definition) is 2. The lowest BCUT2D eigenvalue weighted by Gasteiger charge is -2.26. The summed E-state index contributed by atoms with van der Waals surface area (Å²) in [7, 11) is 4.21. The Morgan fingerprint density at radius 1 is 0.905 bits per heavy atom. The third-order valence-corrected chi connectivity index (χ3v) is 3.64. The van der Waals surface area contributed by atoms with Crippen molar-refractivity contribution in [3.8, 4) is 0 Å². The summed E-state index contributed by atoms with van der Waals surface area (Å²) in [6.45, 7) is 5.47. The third-order valence-electron chi connectivity index (χ3n) is 3.64. The van der Waals surface area contributed by atoms with E-state index in [0.717, 1.165) is 6.54 Å². The minimum Gasteiger partial charge on any atom is -0.378 e. The second kappa shape index (κ2) is 7.28. The van der Waals surface area contributed by atoms with Crippen molar-refractivity contribution in [3.05, 3.63) is 65.7 Å². The van der Waals surface area contributed by atoms with Crippen LogP contribution in [0.1, 0.15) is 31.0 Å². The van der Waals surface area contributed by atoms with Crippen LogP contribution in [0.25, 0.3) is 0 Å². The van der Waals surface area contributed by atoms with Gasteiger partial charge in [-0.3, -0.25) is 0 Å². The van der Waals surface area contributed by atoms with Crippen LogP contribution in [-0.2, 0) is 6.54 Å². The van der Waals surface area contributed by atoms with E-state index in [0.29, 0.717) is 12.0 Å². The highest BCUT2D eigenvalue weighted by Gasteiger charge is 2.16. The first-order valence-corrected chi connectivity index (χ1v) is 7.62. The lowest BCUT2D eigenvalue weighted by molar-refractivity contribution is 0.402. The molecule has 0 bridgehead atoms. The predicted molar refractivity (Wildman–Crippen MR) is 91.5 cm³/mol. The number of anilines is 1. The van der Waals surface area contributed by atoms with Crippen molar-refractivity contribution >= 4 is 5.69 Å².